The molecule has 5 nitrogen and oxygen atoms in total. The van der Waals surface area contributed by atoms with E-state index >= 15 is 0 Å². The number of carbonyl (C=O) groups excluding carboxylic acids is 1. The van der Waals surface area contributed by atoms with E-state index in [1.54, 1.807) is 6.07 Å². The minimum Gasteiger partial charge on any atom is -0.454 e. The molecule has 1 aromatic rings. The number of benzene rings is 1. The Kier molecular flexibility index (Phi) is 4.41. The van der Waals surface area contributed by atoms with Crippen molar-refractivity contribution in [3.05, 3.63) is 34.3 Å². The predicted octanol–water partition coefficient (Wildman–Crippen LogP) is 2.09. The zero-order chi connectivity index (χ0) is 14.0. The van der Waals surface area contributed by atoms with Crippen molar-refractivity contribution in [1.82, 2.24) is 0 Å². The summed E-state index contributed by atoms with van der Waals surface area (Å²) in [7, 11) is -5.61. The third-order valence-corrected chi connectivity index (χ3v) is 3.17. The van der Waals surface area contributed by atoms with Crippen LogP contribution >= 0.6 is 15.9 Å². The average molecular weight is 345 g/mol. The predicted molar refractivity (Wildman–Crippen MR) is 60.9 cm³/mol. The Bertz CT molecular complexity index is 558. The summed E-state index contributed by atoms with van der Waals surface area (Å²) in [6.45, 7) is -1.75. The molecule has 0 amide bonds. The van der Waals surface area contributed by atoms with Gasteiger partial charge < -0.3 is 4.74 Å². The van der Waals surface area contributed by atoms with Gasteiger partial charge in [0, 0.05) is 4.47 Å². The number of hydrogen-bond acceptors (Lipinski definition) is 4. The number of ether oxygens (including phenoxy) is 1. The van der Waals surface area contributed by atoms with E-state index in [0.717, 1.165) is 0 Å². The van der Waals surface area contributed by atoms with Gasteiger partial charge in [-0.2, -0.15) is 17.2 Å². The first-order valence-corrected chi connectivity index (χ1v) is 6.64. The summed E-state index contributed by atoms with van der Waals surface area (Å²) in [6.07, 6.45) is 0. The lowest BCUT2D eigenvalue weighted by atomic mass is 10.2. The van der Waals surface area contributed by atoms with Crippen molar-refractivity contribution in [3.8, 4) is 0 Å². The van der Waals surface area contributed by atoms with E-state index in [0.29, 0.717) is 4.47 Å². The summed E-state index contributed by atoms with van der Waals surface area (Å²) in [5.74, 6) is -1.13. The van der Waals surface area contributed by atoms with E-state index in [9.17, 15) is 22.0 Å². The molecule has 0 spiro atoms. The molecule has 0 aliphatic rings. The van der Waals surface area contributed by atoms with Crippen molar-refractivity contribution in [2.45, 2.75) is 5.25 Å². The zero-order valence-corrected chi connectivity index (χ0v) is 11.0. The van der Waals surface area contributed by atoms with E-state index in [-0.39, 0.29) is 5.56 Å². The maximum atomic E-state index is 12.8. The molecule has 1 aromatic carbocycles. The van der Waals surface area contributed by atoms with Crippen LogP contribution < -0.4 is 0 Å². The van der Waals surface area contributed by atoms with Crippen LogP contribution in [-0.2, 0) is 14.9 Å². The molecule has 1 rings (SSSR count). The Morgan fingerprint density at radius 1 is 1.44 bits per heavy atom. The van der Waals surface area contributed by atoms with Gasteiger partial charge in [-0.05, 0) is 18.2 Å². The molecule has 0 bridgehead atoms. The van der Waals surface area contributed by atoms with Gasteiger partial charge in [0.1, 0.15) is 0 Å². The molecule has 0 saturated heterocycles. The second-order valence-electron chi connectivity index (χ2n) is 3.20. The van der Waals surface area contributed by atoms with Crippen molar-refractivity contribution in [1.29, 1.82) is 0 Å². The lowest BCUT2D eigenvalue weighted by molar-refractivity contribution is -0.00950. The molecule has 1 N–H and O–H groups in total. The van der Waals surface area contributed by atoms with Gasteiger partial charge in [0.05, 0.1) is 5.56 Å². The fourth-order valence-electron chi connectivity index (χ4n) is 0.923. The molecule has 0 unspecified atom stereocenters. The van der Waals surface area contributed by atoms with Gasteiger partial charge in [-0.1, -0.05) is 22.0 Å². The summed E-state index contributed by atoms with van der Waals surface area (Å²) < 4.78 is 58.9. The molecule has 100 valence electrons. The van der Waals surface area contributed by atoms with Crippen LogP contribution in [0, 0.1) is 0 Å². The lowest BCUT2D eigenvalue weighted by Crippen LogP contribution is -2.34. The quantitative estimate of drug-likeness (QED) is 0.668. The van der Waals surface area contributed by atoms with Crippen LogP contribution in [0.4, 0.5) is 8.78 Å². The topological polar surface area (TPSA) is 80.7 Å². The van der Waals surface area contributed by atoms with Crippen molar-refractivity contribution in [3.63, 3.8) is 0 Å². The molecule has 0 aliphatic heterocycles. The fraction of sp³-hybridized carbons (Fsp3) is 0.222. The number of rotatable bonds is 4. The highest BCUT2D eigenvalue weighted by Crippen LogP contribution is 2.21. The summed E-state index contributed by atoms with van der Waals surface area (Å²) in [5.41, 5.74) is -0.0319. The normalized spacial score (nSPS) is 12.2. The van der Waals surface area contributed by atoms with Crippen LogP contribution in [-0.4, -0.2) is 30.8 Å². The molecule has 0 aromatic heterocycles. The Morgan fingerprint density at radius 2 is 2.06 bits per heavy atom. The molecular weight excluding hydrogens is 338 g/mol. The van der Waals surface area contributed by atoms with Gasteiger partial charge in [0.25, 0.3) is 0 Å². The highest BCUT2D eigenvalue weighted by atomic mass is 79.9. The summed E-state index contributed by atoms with van der Waals surface area (Å²) in [4.78, 5) is 11.3. The molecule has 9 heteroatoms. The molecule has 0 radical (unpaired) electrons. The van der Waals surface area contributed by atoms with Gasteiger partial charge in [0.2, 0.25) is 0 Å². The Hall–Kier alpha value is -1.06. The van der Waals surface area contributed by atoms with Gasteiger partial charge in [-0.3, -0.25) is 4.55 Å². The summed E-state index contributed by atoms with van der Waals surface area (Å²) in [6, 6.07) is 5.69. The van der Waals surface area contributed by atoms with Crippen LogP contribution in [0.5, 0.6) is 0 Å². The van der Waals surface area contributed by atoms with Crippen molar-refractivity contribution in [2.75, 3.05) is 6.61 Å². The number of halogens is 3. The Morgan fingerprint density at radius 3 is 2.56 bits per heavy atom. The molecular formula is C9H7BrF2O5S. The van der Waals surface area contributed by atoms with E-state index < -0.39 is 27.9 Å². The number of carbonyl (C=O) groups is 1. The maximum Gasteiger partial charge on any atom is 0.402 e. The van der Waals surface area contributed by atoms with Gasteiger partial charge >= 0.3 is 21.3 Å². The highest BCUT2D eigenvalue weighted by molar-refractivity contribution is 9.10. The lowest BCUT2D eigenvalue weighted by Gasteiger charge is -2.12. The minimum atomic E-state index is -5.61. The SMILES string of the molecule is O=C(OCC(F)(F)S(=O)(=O)O)c1cccc(Br)c1. The van der Waals surface area contributed by atoms with E-state index in [2.05, 4.69) is 20.7 Å². The Labute approximate surface area is 110 Å². The van der Waals surface area contributed by atoms with E-state index in [4.69, 9.17) is 4.55 Å². The van der Waals surface area contributed by atoms with E-state index in [1.807, 2.05) is 0 Å². The monoisotopic (exact) mass is 344 g/mol. The first-order chi connectivity index (χ1) is 8.13. The van der Waals surface area contributed by atoms with Crippen LogP contribution in [0.2, 0.25) is 0 Å². The number of hydrogen-bond donors (Lipinski definition) is 1. The molecule has 0 aliphatic carbocycles. The molecule has 0 fully saturated rings. The van der Waals surface area contributed by atoms with Crippen molar-refractivity contribution in [2.24, 2.45) is 0 Å². The first-order valence-electron chi connectivity index (χ1n) is 4.41. The third kappa shape index (κ3) is 3.72. The zero-order valence-electron chi connectivity index (χ0n) is 8.64. The molecule has 0 atom stereocenters. The number of esters is 1. The van der Waals surface area contributed by atoms with Crippen LogP contribution in [0.3, 0.4) is 0 Å². The number of alkyl halides is 2. The van der Waals surface area contributed by atoms with Crippen LogP contribution in [0.25, 0.3) is 0 Å². The Balaban J connectivity index is 2.74. The standard InChI is InChI=1S/C9H7BrF2O5S/c10-7-3-1-2-6(4-7)8(13)17-5-9(11,12)18(14,15)16/h1-4H,5H2,(H,14,15,16). The van der Waals surface area contributed by atoms with Crippen molar-refractivity contribution < 1.29 is 31.3 Å². The smallest absolute Gasteiger partial charge is 0.402 e. The minimum absolute atomic E-state index is 0.0319. The second-order valence-corrected chi connectivity index (χ2v) is 5.66. The summed E-state index contributed by atoms with van der Waals surface area (Å²) >= 11 is 3.06. The van der Waals surface area contributed by atoms with E-state index in [1.165, 1.54) is 18.2 Å². The second kappa shape index (κ2) is 5.29. The molecule has 0 saturated carbocycles. The van der Waals surface area contributed by atoms with Gasteiger partial charge in [-0.15, -0.1) is 0 Å². The maximum absolute atomic E-state index is 12.8. The van der Waals surface area contributed by atoms with Gasteiger partial charge in [-0.25, -0.2) is 4.79 Å². The van der Waals surface area contributed by atoms with Gasteiger partial charge in [0.15, 0.2) is 6.61 Å². The van der Waals surface area contributed by atoms with Crippen LogP contribution in [0.1, 0.15) is 10.4 Å². The summed E-state index contributed by atoms with van der Waals surface area (Å²) in [5, 5.41) is -4.53. The van der Waals surface area contributed by atoms with Crippen LogP contribution in [0.15, 0.2) is 28.7 Å². The average Bonchev–Trinajstić information content (AvgIpc) is 2.24. The van der Waals surface area contributed by atoms with Crippen molar-refractivity contribution >= 4 is 32.0 Å². The molecule has 0 heterocycles. The highest BCUT2D eigenvalue weighted by Gasteiger charge is 2.45. The first kappa shape index (κ1) is 15.0. The third-order valence-electron chi connectivity index (χ3n) is 1.81. The fourth-order valence-corrected chi connectivity index (χ4v) is 1.53. The largest absolute Gasteiger partial charge is 0.454 e. The molecule has 18 heavy (non-hydrogen) atoms.